The molecule has 0 spiro atoms. The van der Waals surface area contributed by atoms with Crippen molar-refractivity contribution in [3.63, 3.8) is 0 Å². The maximum Gasteiger partial charge on any atom is 0.240 e. The number of nitrogens with two attached hydrogens (primary N) is 1. The second kappa shape index (κ2) is 6.12. The van der Waals surface area contributed by atoms with Gasteiger partial charge in [-0.1, -0.05) is 18.5 Å². The first kappa shape index (κ1) is 16.5. The highest BCUT2D eigenvalue weighted by Gasteiger charge is 2.29. The van der Waals surface area contributed by atoms with Crippen molar-refractivity contribution in [2.45, 2.75) is 31.6 Å². The van der Waals surface area contributed by atoms with Gasteiger partial charge >= 0.3 is 0 Å². The number of rotatable bonds is 4. The van der Waals surface area contributed by atoms with Gasteiger partial charge in [0.1, 0.15) is 0 Å². The van der Waals surface area contributed by atoms with E-state index in [1.165, 1.54) is 12.1 Å². The van der Waals surface area contributed by atoms with Crippen LogP contribution in [0.5, 0.6) is 0 Å². The number of benzene rings is 1. The van der Waals surface area contributed by atoms with E-state index in [0.717, 1.165) is 12.8 Å². The zero-order valence-electron chi connectivity index (χ0n) is 12.3. The Morgan fingerprint density at radius 3 is 2.57 bits per heavy atom. The molecule has 0 atom stereocenters. The molecule has 0 unspecified atom stereocenters. The zero-order valence-corrected chi connectivity index (χ0v) is 13.9. The van der Waals surface area contributed by atoms with Crippen LogP contribution in [0.4, 0.5) is 5.69 Å². The molecule has 21 heavy (non-hydrogen) atoms. The van der Waals surface area contributed by atoms with Gasteiger partial charge < -0.3 is 10.5 Å². The Balaban J connectivity index is 2.15. The van der Waals surface area contributed by atoms with Gasteiger partial charge in [-0.15, -0.1) is 0 Å². The lowest BCUT2D eigenvalue weighted by atomic mass is 9.83. The van der Waals surface area contributed by atoms with E-state index < -0.39 is 10.0 Å². The van der Waals surface area contributed by atoms with Crippen molar-refractivity contribution in [1.29, 1.82) is 0 Å². The lowest BCUT2D eigenvalue weighted by Gasteiger charge is -2.33. The average molecular weight is 333 g/mol. The van der Waals surface area contributed by atoms with E-state index in [1.807, 2.05) is 0 Å². The predicted molar refractivity (Wildman–Crippen MR) is 83.9 cm³/mol. The Bertz CT molecular complexity index is 602. The summed E-state index contributed by atoms with van der Waals surface area (Å²) in [5, 5.41) is 0.394. The minimum atomic E-state index is -3.59. The van der Waals surface area contributed by atoms with Crippen molar-refractivity contribution in [1.82, 2.24) is 4.72 Å². The first-order valence-electron chi connectivity index (χ1n) is 6.87. The normalized spacial score (nSPS) is 18.6. The number of ether oxygens (including phenoxy) is 1. The number of hydrogen-bond donors (Lipinski definition) is 2. The summed E-state index contributed by atoms with van der Waals surface area (Å²) in [5.74, 6) is 0. The lowest BCUT2D eigenvalue weighted by molar-refractivity contribution is 0.0265. The van der Waals surface area contributed by atoms with Gasteiger partial charge in [-0.3, -0.25) is 0 Å². The number of sulfonamides is 1. The van der Waals surface area contributed by atoms with Crippen LogP contribution in [0.15, 0.2) is 17.0 Å². The second-order valence-corrected chi connectivity index (χ2v) is 8.04. The fourth-order valence-electron chi connectivity index (χ4n) is 2.31. The van der Waals surface area contributed by atoms with Crippen LogP contribution in [0.2, 0.25) is 5.02 Å². The average Bonchev–Trinajstić information content (AvgIpc) is 2.43. The summed E-state index contributed by atoms with van der Waals surface area (Å²) < 4.78 is 32.8. The molecule has 0 radical (unpaired) electrons. The molecular formula is C14H21ClN2O3S. The first-order valence-corrected chi connectivity index (χ1v) is 8.73. The Morgan fingerprint density at radius 2 is 2.00 bits per heavy atom. The van der Waals surface area contributed by atoms with Gasteiger partial charge in [0.15, 0.2) is 0 Å². The van der Waals surface area contributed by atoms with Crippen LogP contribution in [0.1, 0.15) is 25.3 Å². The second-order valence-electron chi connectivity index (χ2n) is 5.89. The molecule has 7 heteroatoms. The van der Waals surface area contributed by atoms with E-state index in [1.54, 1.807) is 6.92 Å². The third-order valence-electron chi connectivity index (χ3n) is 3.96. The maximum atomic E-state index is 12.4. The van der Waals surface area contributed by atoms with Crippen molar-refractivity contribution in [2.24, 2.45) is 5.41 Å². The van der Waals surface area contributed by atoms with Crippen molar-refractivity contribution in [3.05, 3.63) is 22.7 Å². The summed E-state index contributed by atoms with van der Waals surface area (Å²) in [6, 6.07) is 2.93. The topological polar surface area (TPSA) is 81.4 Å². The minimum absolute atomic E-state index is 0.0711. The molecule has 0 bridgehead atoms. The molecule has 1 aliphatic heterocycles. The maximum absolute atomic E-state index is 12.4. The monoisotopic (exact) mass is 332 g/mol. The summed E-state index contributed by atoms with van der Waals surface area (Å²) >= 11 is 5.97. The summed E-state index contributed by atoms with van der Waals surface area (Å²) in [6.45, 7) is 5.54. The van der Waals surface area contributed by atoms with E-state index in [-0.39, 0.29) is 16.0 Å². The molecule has 0 saturated carbocycles. The summed E-state index contributed by atoms with van der Waals surface area (Å²) in [4.78, 5) is 0.151. The molecule has 1 saturated heterocycles. The summed E-state index contributed by atoms with van der Waals surface area (Å²) in [5.41, 5.74) is 6.59. The van der Waals surface area contributed by atoms with E-state index >= 15 is 0 Å². The van der Waals surface area contributed by atoms with E-state index in [4.69, 9.17) is 22.1 Å². The molecule has 1 aliphatic rings. The van der Waals surface area contributed by atoms with Gasteiger partial charge in [-0.25, -0.2) is 13.1 Å². The highest BCUT2D eigenvalue weighted by Crippen LogP contribution is 2.30. The van der Waals surface area contributed by atoms with Gasteiger partial charge in [-0.2, -0.15) is 0 Å². The van der Waals surface area contributed by atoms with Crippen LogP contribution in [-0.4, -0.2) is 28.2 Å². The largest absolute Gasteiger partial charge is 0.397 e. The molecule has 3 N–H and O–H groups in total. The lowest BCUT2D eigenvalue weighted by Crippen LogP contribution is -2.39. The molecular weight excluding hydrogens is 312 g/mol. The van der Waals surface area contributed by atoms with E-state index in [9.17, 15) is 8.42 Å². The van der Waals surface area contributed by atoms with Gasteiger partial charge in [0, 0.05) is 19.8 Å². The van der Waals surface area contributed by atoms with E-state index in [0.29, 0.717) is 30.3 Å². The molecule has 5 nitrogen and oxygen atoms in total. The smallest absolute Gasteiger partial charge is 0.240 e. The Hall–Kier alpha value is -0.820. The Morgan fingerprint density at radius 1 is 1.38 bits per heavy atom. The van der Waals surface area contributed by atoms with Gasteiger partial charge in [-0.05, 0) is 42.9 Å². The van der Waals surface area contributed by atoms with Crippen molar-refractivity contribution >= 4 is 27.3 Å². The number of hydrogen-bond acceptors (Lipinski definition) is 4. The van der Waals surface area contributed by atoms with Crippen LogP contribution < -0.4 is 10.5 Å². The van der Waals surface area contributed by atoms with Crippen LogP contribution in [0, 0.1) is 12.3 Å². The van der Waals surface area contributed by atoms with Gasteiger partial charge in [0.2, 0.25) is 10.0 Å². The van der Waals surface area contributed by atoms with Crippen LogP contribution >= 0.6 is 11.6 Å². The SMILES string of the molecule is Cc1cc(S(=O)(=O)NCC2(C)CCOCC2)cc(N)c1Cl. The fourth-order valence-corrected chi connectivity index (χ4v) is 3.74. The van der Waals surface area contributed by atoms with Crippen LogP contribution in [-0.2, 0) is 14.8 Å². The highest BCUT2D eigenvalue weighted by molar-refractivity contribution is 7.89. The summed E-state index contributed by atoms with van der Waals surface area (Å²) in [7, 11) is -3.59. The molecule has 1 aromatic rings. The first-order chi connectivity index (χ1) is 9.73. The third-order valence-corrected chi connectivity index (χ3v) is 5.85. The molecule has 0 aromatic heterocycles. The minimum Gasteiger partial charge on any atom is -0.397 e. The summed E-state index contributed by atoms with van der Waals surface area (Å²) in [6.07, 6.45) is 1.69. The number of anilines is 1. The predicted octanol–water partition coefficient (Wildman–Crippen LogP) is 2.33. The number of nitrogens with one attached hydrogen (secondary N) is 1. The molecule has 118 valence electrons. The molecule has 0 aliphatic carbocycles. The third kappa shape index (κ3) is 3.88. The number of nitrogen functional groups attached to an aromatic ring is 1. The molecule has 0 amide bonds. The Kier molecular flexibility index (Phi) is 4.82. The van der Waals surface area contributed by atoms with E-state index in [2.05, 4.69) is 11.6 Å². The molecule has 1 aromatic carbocycles. The van der Waals surface area contributed by atoms with Gasteiger partial charge in [0.05, 0.1) is 15.6 Å². The number of halogens is 1. The Labute approximate surface area is 130 Å². The van der Waals surface area contributed by atoms with Crippen LogP contribution in [0.3, 0.4) is 0 Å². The molecule has 1 heterocycles. The van der Waals surface area contributed by atoms with Crippen molar-refractivity contribution in [3.8, 4) is 0 Å². The number of aryl methyl sites for hydroxylation is 1. The fraction of sp³-hybridized carbons (Fsp3) is 0.571. The van der Waals surface area contributed by atoms with Gasteiger partial charge in [0.25, 0.3) is 0 Å². The zero-order chi connectivity index (χ0) is 15.7. The quantitative estimate of drug-likeness (QED) is 0.829. The van der Waals surface area contributed by atoms with Crippen molar-refractivity contribution in [2.75, 3.05) is 25.5 Å². The molecule has 2 rings (SSSR count). The molecule has 1 fully saturated rings. The van der Waals surface area contributed by atoms with Crippen molar-refractivity contribution < 1.29 is 13.2 Å². The highest BCUT2D eigenvalue weighted by atomic mass is 35.5. The van der Waals surface area contributed by atoms with Crippen LogP contribution in [0.25, 0.3) is 0 Å². The standard InChI is InChI=1S/C14H21ClN2O3S/c1-10-7-11(8-12(16)13(10)15)21(18,19)17-9-14(2)3-5-20-6-4-14/h7-8,17H,3-6,9,16H2,1-2H3.